The molecule has 29 heavy (non-hydrogen) atoms. The minimum absolute atomic E-state index is 0.00298. The van der Waals surface area contributed by atoms with E-state index in [-0.39, 0.29) is 30.9 Å². The van der Waals surface area contributed by atoms with Crippen LogP contribution < -0.4 is 0 Å². The van der Waals surface area contributed by atoms with Crippen molar-refractivity contribution in [3.63, 3.8) is 0 Å². The quantitative estimate of drug-likeness (QED) is 0.837. The fourth-order valence-electron chi connectivity index (χ4n) is 5.05. The van der Waals surface area contributed by atoms with Crippen molar-refractivity contribution >= 4 is 22.8 Å². The molecule has 2 aliphatic heterocycles. The van der Waals surface area contributed by atoms with Gasteiger partial charge in [0.25, 0.3) is 0 Å². The summed E-state index contributed by atoms with van der Waals surface area (Å²) in [7, 11) is 0. The predicted octanol–water partition coefficient (Wildman–Crippen LogP) is 2.14. The number of piperidine rings is 1. The van der Waals surface area contributed by atoms with Gasteiger partial charge in [-0.1, -0.05) is 26.0 Å². The van der Waals surface area contributed by atoms with Crippen LogP contribution in [0.25, 0.3) is 11.0 Å². The summed E-state index contributed by atoms with van der Waals surface area (Å²) in [6, 6.07) is 7.88. The summed E-state index contributed by atoms with van der Waals surface area (Å²) in [6.07, 6.45) is 3.12. The summed E-state index contributed by atoms with van der Waals surface area (Å²) < 4.78 is 2.01. The molecule has 2 aliphatic rings. The first kappa shape index (κ1) is 19.9. The molecule has 1 atom stereocenters. The van der Waals surface area contributed by atoms with E-state index in [4.69, 9.17) is 4.98 Å². The third-order valence-electron chi connectivity index (χ3n) is 6.36. The summed E-state index contributed by atoms with van der Waals surface area (Å²) in [4.78, 5) is 35.0. The zero-order valence-electron chi connectivity index (χ0n) is 17.3. The molecule has 0 aliphatic carbocycles. The molecule has 0 bridgehead atoms. The van der Waals surface area contributed by atoms with E-state index in [1.165, 1.54) is 0 Å². The summed E-state index contributed by atoms with van der Waals surface area (Å²) in [5.74, 6) is 1.07. The Morgan fingerprint density at radius 1 is 1.21 bits per heavy atom. The molecule has 2 saturated heterocycles. The lowest BCUT2D eigenvalue weighted by molar-refractivity contribution is -0.156. The molecular formula is C22H30N4O3. The Morgan fingerprint density at radius 2 is 1.93 bits per heavy atom. The molecule has 1 aromatic heterocycles. The van der Waals surface area contributed by atoms with Gasteiger partial charge in [0.15, 0.2) is 0 Å². The van der Waals surface area contributed by atoms with E-state index in [0.29, 0.717) is 32.5 Å². The number of rotatable bonds is 5. The SMILES string of the molecule is CC(C)c1nc2ccccc2n1CC(=O)N1CCCC12CCCN(CCO)C2=O. The molecule has 2 amide bonds. The van der Waals surface area contributed by atoms with Crippen molar-refractivity contribution in [1.29, 1.82) is 0 Å². The second-order valence-corrected chi connectivity index (χ2v) is 8.50. The molecule has 1 N–H and O–H groups in total. The highest BCUT2D eigenvalue weighted by molar-refractivity contribution is 5.93. The van der Waals surface area contributed by atoms with Crippen molar-refractivity contribution in [2.75, 3.05) is 26.2 Å². The first-order chi connectivity index (χ1) is 14.0. The summed E-state index contributed by atoms with van der Waals surface area (Å²) in [6.45, 7) is 5.92. The number of β-amino-alcohol motifs (C(OH)–C–C–N with tert-alkyl or cyclic N) is 1. The van der Waals surface area contributed by atoms with E-state index < -0.39 is 5.54 Å². The van der Waals surface area contributed by atoms with Crippen LogP contribution in [0, 0.1) is 0 Å². The van der Waals surface area contributed by atoms with Gasteiger partial charge in [-0.25, -0.2) is 4.98 Å². The predicted molar refractivity (Wildman–Crippen MR) is 110 cm³/mol. The number of aromatic nitrogens is 2. The van der Waals surface area contributed by atoms with Gasteiger partial charge in [0.1, 0.15) is 17.9 Å². The van der Waals surface area contributed by atoms with Crippen LogP contribution in [-0.2, 0) is 16.1 Å². The van der Waals surface area contributed by atoms with E-state index in [0.717, 1.165) is 29.7 Å². The number of hydrogen-bond acceptors (Lipinski definition) is 4. The molecule has 4 rings (SSSR count). The average molecular weight is 399 g/mol. The van der Waals surface area contributed by atoms with Crippen LogP contribution in [0.5, 0.6) is 0 Å². The van der Waals surface area contributed by atoms with E-state index in [9.17, 15) is 14.7 Å². The van der Waals surface area contributed by atoms with Gasteiger partial charge in [-0.05, 0) is 37.8 Å². The Bertz CT molecular complexity index is 920. The molecule has 0 radical (unpaired) electrons. The Labute approximate surface area is 171 Å². The Hall–Kier alpha value is -2.41. The molecule has 156 valence electrons. The first-order valence-electron chi connectivity index (χ1n) is 10.6. The highest BCUT2D eigenvalue weighted by atomic mass is 16.3. The third kappa shape index (κ3) is 3.31. The van der Waals surface area contributed by atoms with Gasteiger partial charge in [-0.3, -0.25) is 9.59 Å². The van der Waals surface area contributed by atoms with Crippen molar-refractivity contribution in [3.05, 3.63) is 30.1 Å². The molecule has 3 heterocycles. The number of aliphatic hydroxyl groups is 1. The van der Waals surface area contributed by atoms with Gasteiger partial charge in [-0.2, -0.15) is 0 Å². The topological polar surface area (TPSA) is 78.7 Å². The number of carbonyl (C=O) groups is 2. The monoisotopic (exact) mass is 398 g/mol. The van der Waals surface area contributed by atoms with E-state index >= 15 is 0 Å². The van der Waals surface area contributed by atoms with Crippen molar-refractivity contribution in [3.8, 4) is 0 Å². The second-order valence-electron chi connectivity index (χ2n) is 8.50. The lowest BCUT2D eigenvalue weighted by Gasteiger charge is -2.44. The minimum Gasteiger partial charge on any atom is -0.395 e. The fraction of sp³-hybridized carbons (Fsp3) is 0.591. The number of fused-ring (bicyclic) bond motifs is 1. The lowest BCUT2D eigenvalue weighted by atomic mass is 9.85. The standard InChI is InChI=1S/C22H30N4O3/c1-16(2)20-23-17-7-3-4-8-18(17)25(20)15-19(28)26-12-6-10-22(26)9-5-11-24(13-14-27)21(22)29/h3-4,7-8,16,27H,5-6,9-15H2,1-2H3. The number of aliphatic hydroxyl groups excluding tert-OH is 1. The van der Waals surface area contributed by atoms with Crippen LogP contribution >= 0.6 is 0 Å². The van der Waals surface area contributed by atoms with E-state index in [1.807, 2.05) is 33.7 Å². The maximum Gasteiger partial charge on any atom is 0.248 e. The van der Waals surface area contributed by atoms with Gasteiger partial charge in [0.05, 0.1) is 17.6 Å². The van der Waals surface area contributed by atoms with Crippen molar-refractivity contribution in [2.24, 2.45) is 0 Å². The first-order valence-corrected chi connectivity index (χ1v) is 10.6. The lowest BCUT2D eigenvalue weighted by Crippen LogP contribution is -2.62. The Balaban J connectivity index is 1.64. The average Bonchev–Trinajstić information content (AvgIpc) is 3.28. The molecule has 7 heteroatoms. The number of para-hydroxylation sites is 2. The van der Waals surface area contributed by atoms with E-state index in [1.54, 1.807) is 4.90 Å². The van der Waals surface area contributed by atoms with Crippen LogP contribution in [0.1, 0.15) is 51.3 Å². The van der Waals surface area contributed by atoms with Gasteiger partial charge in [-0.15, -0.1) is 0 Å². The molecule has 1 unspecified atom stereocenters. The molecule has 0 saturated carbocycles. The van der Waals surface area contributed by atoms with Crippen molar-refractivity contribution in [2.45, 2.75) is 57.5 Å². The molecule has 2 fully saturated rings. The highest BCUT2D eigenvalue weighted by Gasteiger charge is 2.52. The van der Waals surface area contributed by atoms with Crippen molar-refractivity contribution < 1.29 is 14.7 Å². The van der Waals surface area contributed by atoms with Crippen LogP contribution in [0.2, 0.25) is 0 Å². The molecule has 1 aromatic carbocycles. The zero-order valence-corrected chi connectivity index (χ0v) is 17.3. The minimum atomic E-state index is -0.737. The van der Waals surface area contributed by atoms with E-state index in [2.05, 4.69) is 13.8 Å². The fourth-order valence-corrected chi connectivity index (χ4v) is 5.05. The number of likely N-dealkylation sites (tertiary alicyclic amines) is 2. The van der Waals surface area contributed by atoms with Gasteiger partial charge in [0.2, 0.25) is 11.8 Å². The molecule has 7 nitrogen and oxygen atoms in total. The summed E-state index contributed by atoms with van der Waals surface area (Å²) >= 11 is 0. The smallest absolute Gasteiger partial charge is 0.248 e. The number of amides is 2. The van der Waals surface area contributed by atoms with Crippen LogP contribution in [0.15, 0.2) is 24.3 Å². The van der Waals surface area contributed by atoms with Gasteiger partial charge < -0.3 is 19.5 Å². The summed E-state index contributed by atoms with van der Waals surface area (Å²) in [5, 5.41) is 9.31. The number of nitrogens with zero attached hydrogens (tertiary/aromatic N) is 4. The molecular weight excluding hydrogens is 368 g/mol. The van der Waals surface area contributed by atoms with Gasteiger partial charge >= 0.3 is 0 Å². The number of carbonyl (C=O) groups excluding carboxylic acids is 2. The Morgan fingerprint density at radius 3 is 2.66 bits per heavy atom. The largest absolute Gasteiger partial charge is 0.395 e. The van der Waals surface area contributed by atoms with Crippen LogP contribution in [-0.4, -0.2) is 68.1 Å². The highest BCUT2D eigenvalue weighted by Crippen LogP contribution is 2.38. The molecule has 1 spiro atoms. The maximum absolute atomic E-state index is 13.5. The molecule has 2 aromatic rings. The Kier molecular flexibility index (Phi) is 5.34. The number of imidazole rings is 1. The number of benzene rings is 1. The van der Waals surface area contributed by atoms with Crippen molar-refractivity contribution in [1.82, 2.24) is 19.4 Å². The van der Waals surface area contributed by atoms with Gasteiger partial charge in [0, 0.05) is 25.6 Å². The maximum atomic E-state index is 13.5. The van der Waals surface area contributed by atoms with Crippen LogP contribution in [0.4, 0.5) is 0 Å². The second kappa shape index (κ2) is 7.78. The normalized spacial score (nSPS) is 22.4. The van der Waals surface area contributed by atoms with Crippen LogP contribution in [0.3, 0.4) is 0 Å². The third-order valence-corrected chi connectivity index (χ3v) is 6.36. The summed E-state index contributed by atoms with van der Waals surface area (Å²) in [5.41, 5.74) is 1.11. The number of hydrogen-bond donors (Lipinski definition) is 1. The zero-order chi connectivity index (χ0) is 20.6.